The zero-order valence-corrected chi connectivity index (χ0v) is 11.2. The van der Waals surface area contributed by atoms with Crippen LogP contribution < -0.4 is 5.32 Å². The van der Waals surface area contributed by atoms with E-state index in [0.29, 0.717) is 19.0 Å². The van der Waals surface area contributed by atoms with Gasteiger partial charge in [-0.15, -0.1) is 0 Å². The second-order valence-corrected chi connectivity index (χ2v) is 4.43. The maximum absolute atomic E-state index is 11.8. The third-order valence-electron chi connectivity index (χ3n) is 2.90. The van der Waals surface area contributed by atoms with Gasteiger partial charge < -0.3 is 15.3 Å². The number of aliphatic carboxylic acids is 1. The average Bonchev–Trinajstić information content (AvgIpc) is 2.25. The predicted molar refractivity (Wildman–Crippen MR) is 66.9 cm³/mol. The van der Waals surface area contributed by atoms with E-state index in [1.54, 1.807) is 11.8 Å². The van der Waals surface area contributed by atoms with Gasteiger partial charge in [0.15, 0.2) is 0 Å². The molecule has 5 heteroatoms. The molecule has 0 radical (unpaired) electrons. The first-order valence-electron chi connectivity index (χ1n) is 6.18. The van der Waals surface area contributed by atoms with Gasteiger partial charge in [-0.05, 0) is 19.8 Å². The van der Waals surface area contributed by atoms with E-state index in [-0.39, 0.29) is 18.5 Å². The molecule has 2 N–H and O–H groups in total. The van der Waals surface area contributed by atoms with E-state index in [4.69, 9.17) is 5.11 Å². The van der Waals surface area contributed by atoms with Crippen LogP contribution in [0.5, 0.6) is 0 Å². The van der Waals surface area contributed by atoms with Crippen molar-refractivity contribution in [2.24, 2.45) is 5.92 Å². The summed E-state index contributed by atoms with van der Waals surface area (Å²) in [6.45, 7) is 8.88. The molecular formula is C12H24N2O3. The van der Waals surface area contributed by atoms with Gasteiger partial charge in [0.25, 0.3) is 0 Å². The van der Waals surface area contributed by atoms with E-state index in [2.05, 4.69) is 19.2 Å². The number of nitrogens with zero attached hydrogens (tertiary/aromatic N) is 1. The lowest BCUT2D eigenvalue weighted by Gasteiger charge is -2.27. The van der Waals surface area contributed by atoms with Gasteiger partial charge in [0.2, 0.25) is 0 Å². The van der Waals surface area contributed by atoms with Crippen molar-refractivity contribution in [3.8, 4) is 0 Å². The Morgan fingerprint density at radius 3 is 2.29 bits per heavy atom. The van der Waals surface area contributed by atoms with Crippen LogP contribution in [-0.4, -0.2) is 41.1 Å². The number of hydrogen-bond donors (Lipinski definition) is 2. The number of hydrogen-bond acceptors (Lipinski definition) is 2. The normalized spacial score (nSPS) is 13.9. The molecule has 5 nitrogen and oxygen atoms in total. The molecule has 0 aliphatic carbocycles. The lowest BCUT2D eigenvalue weighted by Crippen LogP contribution is -2.46. The summed E-state index contributed by atoms with van der Waals surface area (Å²) < 4.78 is 0. The Kier molecular flexibility index (Phi) is 7.34. The Bertz CT molecular complexity index is 256. The van der Waals surface area contributed by atoms with Crippen LogP contribution >= 0.6 is 0 Å². The summed E-state index contributed by atoms with van der Waals surface area (Å²) in [7, 11) is 0. The van der Waals surface area contributed by atoms with Gasteiger partial charge in [0, 0.05) is 19.1 Å². The number of carboxylic acids is 1. The summed E-state index contributed by atoms with van der Waals surface area (Å²) in [4.78, 5) is 24.0. The van der Waals surface area contributed by atoms with Gasteiger partial charge >= 0.3 is 12.0 Å². The molecule has 0 heterocycles. The molecule has 0 spiro atoms. The first-order chi connectivity index (χ1) is 7.92. The van der Waals surface area contributed by atoms with E-state index < -0.39 is 5.97 Å². The predicted octanol–water partition coefficient (Wildman–Crippen LogP) is 1.93. The Balaban J connectivity index is 4.24. The summed E-state index contributed by atoms with van der Waals surface area (Å²) in [6, 6.07) is -0.462. The van der Waals surface area contributed by atoms with Gasteiger partial charge in [-0.25, -0.2) is 4.79 Å². The molecule has 0 fully saturated rings. The van der Waals surface area contributed by atoms with Crippen LogP contribution in [-0.2, 0) is 4.79 Å². The number of amides is 2. The minimum Gasteiger partial charge on any atom is -0.481 e. The first kappa shape index (κ1) is 15.7. The maximum Gasteiger partial charge on any atom is 0.317 e. The van der Waals surface area contributed by atoms with Crippen molar-refractivity contribution >= 4 is 12.0 Å². The average molecular weight is 244 g/mol. The topological polar surface area (TPSA) is 69.6 Å². The fourth-order valence-electron chi connectivity index (χ4n) is 1.53. The monoisotopic (exact) mass is 244 g/mol. The lowest BCUT2D eigenvalue weighted by atomic mass is 10.1. The highest BCUT2D eigenvalue weighted by molar-refractivity contribution is 5.75. The summed E-state index contributed by atoms with van der Waals surface area (Å²) in [5, 5.41) is 11.5. The van der Waals surface area contributed by atoms with Crippen LogP contribution in [0.4, 0.5) is 4.79 Å². The number of carboxylic acid groups (broad SMARTS) is 1. The van der Waals surface area contributed by atoms with Crippen molar-refractivity contribution in [1.82, 2.24) is 10.2 Å². The fraction of sp³-hybridized carbons (Fsp3) is 0.833. The first-order valence-corrected chi connectivity index (χ1v) is 6.18. The number of carbonyl (C=O) groups is 2. The molecule has 17 heavy (non-hydrogen) atoms. The number of nitrogens with one attached hydrogen (secondary N) is 1. The molecule has 2 amide bonds. The molecule has 2 unspecified atom stereocenters. The molecule has 2 atom stereocenters. The molecule has 0 bridgehead atoms. The quantitative estimate of drug-likeness (QED) is 0.719. The lowest BCUT2D eigenvalue weighted by molar-refractivity contribution is -0.138. The van der Waals surface area contributed by atoms with Crippen LogP contribution in [0.25, 0.3) is 0 Å². The maximum atomic E-state index is 11.8. The van der Waals surface area contributed by atoms with E-state index in [1.807, 2.05) is 6.92 Å². The molecule has 0 aromatic carbocycles. The van der Waals surface area contributed by atoms with Crippen molar-refractivity contribution in [3.05, 3.63) is 0 Å². The van der Waals surface area contributed by atoms with E-state index in [1.165, 1.54) is 0 Å². The molecule has 0 saturated carbocycles. The summed E-state index contributed by atoms with van der Waals surface area (Å²) in [5.41, 5.74) is 0. The number of urea groups is 1. The van der Waals surface area contributed by atoms with Gasteiger partial charge in [-0.3, -0.25) is 4.79 Å². The zero-order valence-electron chi connectivity index (χ0n) is 11.2. The summed E-state index contributed by atoms with van der Waals surface area (Å²) in [5.74, 6) is -0.446. The van der Waals surface area contributed by atoms with Gasteiger partial charge in [0.1, 0.15) is 0 Å². The van der Waals surface area contributed by atoms with Crippen LogP contribution in [0.15, 0.2) is 0 Å². The minimum atomic E-state index is -0.884. The van der Waals surface area contributed by atoms with Crippen molar-refractivity contribution < 1.29 is 14.7 Å². The highest BCUT2D eigenvalue weighted by Crippen LogP contribution is 2.05. The van der Waals surface area contributed by atoms with Crippen LogP contribution in [0, 0.1) is 5.92 Å². The van der Waals surface area contributed by atoms with Gasteiger partial charge in [-0.2, -0.15) is 0 Å². The van der Waals surface area contributed by atoms with Crippen LogP contribution in [0.3, 0.4) is 0 Å². The van der Waals surface area contributed by atoms with E-state index in [0.717, 1.165) is 6.42 Å². The summed E-state index contributed by atoms with van der Waals surface area (Å²) >= 11 is 0. The largest absolute Gasteiger partial charge is 0.481 e. The minimum absolute atomic E-state index is 0.0232. The fourth-order valence-corrected chi connectivity index (χ4v) is 1.53. The standard InChI is InChI=1S/C12H24N2O3/c1-5-9(3)8-13-12(17)14(6-2)10(4)7-11(15)16/h9-10H,5-8H2,1-4H3,(H,13,17)(H,15,16). The Morgan fingerprint density at radius 2 is 1.88 bits per heavy atom. The Morgan fingerprint density at radius 1 is 1.29 bits per heavy atom. The molecule has 0 aromatic rings. The van der Waals surface area contributed by atoms with Crippen molar-refractivity contribution in [2.75, 3.05) is 13.1 Å². The third kappa shape index (κ3) is 6.14. The molecule has 100 valence electrons. The Hall–Kier alpha value is -1.26. The van der Waals surface area contributed by atoms with Crippen molar-refractivity contribution in [1.29, 1.82) is 0 Å². The number of carbonyl (C=O) groups excluding carboxylic acids is 1. The highest BCUT2D eigenvalue weighted by Gasteiger charge is 2.20. The third-order valence-corrected chi connectivity index (χ3v) is 2.90. The van der Waals surface area contributed by atoms with Crippen LogP contribution in [0.2, 0.25) is 0 Å². The molecule has 0 aliphatic heterocycles. The second-order valence-electron chi connectivity index (χ2n) is 4.43. The zero-order chi connectivity index (χ0) is 13.4. The molecule has 0 rings (SSSR count). The van der Waals surface area contributed by atoms with Gasteiger partial charge in [0.05, 0.1) is 6.42 Å². The highest BCUT2D eigenvalue weighted by atomic mass is 16.4. The number of rotatable bonds is 7. The van der Waals surface area contributed by atoms with Gasteiger partial charge in [-0.1, -0.05) is 20.3 Å². The van der Waals surface area contributed by atoms with E-state index >= 15 is 0 Å². The van der Waals surface area contributed by atoms with Crippen LogP contribution in [0.1, 0.15) is 40.5 Å². The molecule has 0 aromatic heterocycles. The van der Waals surface area contributed by atoms with E-state index in [9.17, 15) is 9.59 Å². The smallest absolute Gasteiger partial charge is 0.317 e. The van der Waals surface area contributed by atoms with Crippen molar-refractivity contribution in [2.45, 2.75) is 46.6 Å². The summed E-state index contributed by atoms with van der Waals surface area (Å²) in [6.07, 6.45) is 0.988. The second kappa shape index (κ2) is 7.92. The molecule has 0 aliphatic rings. The molecule has 0 saturated heterocycles. The Labute approximate surface area is 103 Å². The molecular weight excluding hydrogens is 220 g/mol. The van der Waals surface area contributed by atoms with Crippen molar-refractivity contribution in [3.63, 3.8) is 0 Å². The SMILES string of the molecule is CCC(C)CNC(=O)N(CC)C(C)CC(=O)O.